The van der Waals surface area contributed by atoms with Crippen LogP contribution >= 0.6 is 11.6 Å². The molecule has 0 aliphatic heterocycles. The highest BCUT2D eigenvalue weighted by atomic mass is 35.5. The van der Waals surface area contributed by atoms with Gasteiger partial charge in [0.2, 0.25) is 0 Å². The first-order valence-corrected chi connectivity index (χ1v) is 5.60. The van der Waals surface area contributed by atoms with Crippen LogP contribution in [0.15, 0.2) is 36.5 Å². The molecule has 1 aromatic carbocycles. The van der Waals surface area contributed by atoms with Crippen molar-refractivity contribution in [2.75, 3.05) is 0 Å². The van der Waals surface area contributed by atoms with E-state index >= 15 is 0 Å². The van der Waals surface area contributed by atoms with Gasteiger partial charge in [0.05, 0.1) is 5.69 Å². The maximum absolute atomic E-state index is 5.92. The van der Waals surface area contributed by atoms with Gasteiger partial charge in [-0.2, -0.15) is 5.10 Å². The zero-order valence-electron chi connectivity index (χ0n) is 9.07. The number of benzene rings is 1. The van der Waals surface area contributed by atoms with Crippen LogP contribution in [0.4, 0.5) is 0 Å². The van der Waals surface area contributed by atoms with Gasteiger partial charge in [-0.1, -0.05) is 23.7 Å². The molecule has 0 amide bonds. The summed E-state index contributed by atoms with van der Waals surface area (Å²) in [4.78, 5) is 0. The topological polar surface area (TPSA) is 40.7 Å². The lowest BCUT2D eigenvalue weighted by Crippen LogP contribution is -2.18. The smallest absolute Gasteiger partial charge is 0.0518 e. The summed E-state index contributed by atoms with van der Waals surface area (Å²) in [5.41, 5.74) is 2.26. The maximum atomic E-state index is 5.92. The minimum absolute atomic E-state index is 0.251. The van der Waals surface area contributed by atoms with Crippen molar-refractivity contribution in [1.29, 1.82) is 0 Å². The number of nitrogens with one attached hydrogen (secondary N) is 2. The Morgan fingerprint density at radius 1 is 1.44 bits per heavy atom. The Bertz CT molecular complexity index is 439. The second-order valence-corrected chi connectivity index (χ2v) is 4.18. The minimum Gasteiger partial charge on any atom is -0.305 e. The molecular weight excluding hydrogens is 222 g/mol. The highest BCUT2D eigenvalue weighted by molar-refractivity contribution is 6.30. The van der Waals surface area contributed by atoms with Gasteiger partial charge < -0.3 is 5.32 Å². The molecule has 4 heteroatoms. The van der Waals surface area contributed by atoms with E-state index in [0.717, 1.165) is 17.3 Å². The monoisotopic (exact) mass is 235 g/mol. The third kappa shape index (κ3) is 2.84. The summed E-state index contributed by atoms with van der Waals surface area (Å²) in [5, 5.41) is 11.0. The number of hydrogen-bond acceptors (Lipinski definition) is 2. The molecule has 2 N–H and O–H groups in total. The van der Waals surface area contributed by atoms with Crippen LogP contribution in [0.1, 0.15) is 24.2 Å². The Labute approximate surface area is 99.8 Å². The fourth-order valence-electron chi connectivity index (χ4n) is 1.54. The van der Waals surface area contributed by atoms with E-state index in [1.54, 1.807) is 6.20 Å². The SMILES string of the molecule is CC(NCc1cccc(Cl)c1)c1ccn[nH]1. The number of halogens is 1. The summed E-state index contributed by atoms with van der Waals surface area (Å²) >= 11 is 5.92. The molecule has 0 spiro atoms. The van der Waals surface area contributed by atoms with E-state index in [1.165, 1.54) is 5.56 Å². The quantitative estimate of drug-likeness (QED) is 0.856. The molecule has 84 valence electrons. The van der Waals surface area contributed by atoms with Crippen LogP contribution in [-0.2, 0) is 6.54 Å². The lowest BCUT2D eigenvalue weighted by atomic mass is 10.2. The van der Waals surface area contributed by atoms with E-state index in [0.29, 0.717) is 0 Å². The van der Waals surface area contributed by atoms with E-state index in [1.807, 2.05) is 24.3 Å². The number of nitrogens with zero attached hydrogens (tertiary/aromatic N) is 1. The summed E-state index contributed by atoms with van der Waals surface area (Å²) in [6.45, 7) is 2.89. The van der Waals surface area contributed by atoms with Crippen LogP contribution in [0.25, 0.3) is 0 Å². The van der Waals surface area contributed by atoms with Crippen molar-refractivity contribution in [3.8, 4) is 0 Å². The van der Waals surface area contributed by atoms with Gasteiger partial charge in [-0.15, -0.1) is 0 Å². The highest BCUT2D eigenvalue weighted by Gasteiger charge is 2.05. The number of aromatic amines is 1. The largest absolute Gasteiger partial charge is 0.305 e. The van der Waals surface area contributed by atoms with Crippen molar-refractivity contribution in [3.05, 3.63) is 52.8 Å². The third-order valence-electron chi connectivity index (χ3n) is 2.49. The van der Waals surface area contributed by atoms with Gasteiger partial charge in [-0.05, 0) is 30.7 Å². The average molecular weight is 236 g/mol. The van der Waals surface area contributed by atoms with Crippen LogP contribution in [0.3, 0.4) is 0 Å². The maximum Gasteiger partial charge on any atom is 0.0518 e. The zero-order chi connectivity index (χ0) is 11.4. The summed E-state index contributed by atoms with van der Waals surface area (Å²) in [5.74, 6) is 0. The summed E-state index contributed by atoms with van der Waals surface area (Å²) < 4.78 is 0. The number of rotatable bonds is 4. The first-order valence-electron chi connectivity index (χ1n) is 5.23. The zero-order valence-corrected chi connectivity index (χ0v) is 9.83. The lowest BCUT2D eigenvalue weighted by Gasteiger charge is -2.11. The van der Waals surface area contributed by atoms with E-state index < -0.39 is 0 Å². The number of aromatic nitrogens is 2. The first-order chi connectivity index (χ1) is 7.75. The molecule has 0 radical (unpaired) electrons. The van der Waals surface area contributed by atoms with Gasteiger partial charge in [-0.25, -0.2) is 0 Å². The predicted octanol–water partition coefficient (Wildman–Crippen LogP) is 2.91. The highest BCUT2D eigenvalue weighted by Crippen LogP contribution is 2.12. The van der Waals surface area contributed by atoms with E-state index in [9.17, 15) is 0 Å². The van der Waals surface area contributed by atoms with Crippen molar-refractivity contribution < 1.29 is 0 Å². The van der Waals surface area contributed by atoms with Crippen LogP contribution in [-0.4, -0.2) is 10.2 Å². The Hall–Kier alpha value is -1.32. The standard InChI is InChI=1S/C12H14ClN3/c1-9(12-5-6-15-16-12)14-8-10-3-2-4-11(13)7-10/h2-7,9,14H,8H2,1H3,(H,15,16). The van der Waals surface area contributed by atoms with E-state index in [-0.39, 0.29) is 6.04 Å². The van der Waals surface area contributed by atoms with Crippen LogP contribution in [0.5, 0.6) is 0 Å². The Morgan fingerprint density at radius 3 is 3.00 bits per heavy atom. The third-order valence-corrected chi connectivity index (χ3v) is 2.73. The van der Waals surface area contributed by atoms with Gasteiger partial charge in [0, 0.05) is 23.8 Å². The fourth-order valence-corrected chi connectivity index (χ4v) is 1.75. The molecule has 2 rings (SSSR count). The van der Waals surface area contributed by atoms with Crippen LogP contribution in [0, 0.1) is 0 Å². The molecule has 1 heterocycles. The Balaban J connectivity index is 1.92. The molecule has 0 saturated carbocycles. The first kappa shape index (κ1) is 11.2. The van der Waals surface area contributed by atoms with Gasteiger partial charge in [0.15, 0.2) is 0 Å². The summed E-state index contributed by atoms with van der Waals surface area (Å²) in [7, 11) is 0. The van der Waals surface area contributed by atoms with Crippen molar-refractivity contribution in [3.63, 3.8) is 0 Å². The second kappa shape index (κ2) is 5.14. The molecule has 0 fully saturated rings. The van der Waals surface area contributed by atoms with Crippen molar-refractivity contribution in [2.24, 2.45) is 0 Å². The molecule has 1 atom stereocenters. The average Bonchev–Trinajstić information content (AvgIpc) is 2.79. The number of H-pyrrole nitrogens is 1. The molecule has 3 nitrogen and oxygen atoms in total. The molecule has 0 saturated heterocycles. The molecule has 1 aromatic heterocycles. The molecule has 16 heavy (non-hydrogen) atoms. The van der Waals surface area contributed by atoms with Gasteiger partial charge in [-0.3, -0.25) is 5.10 Å². The second-order valence-electron chi connectivity index (χ2n) is 3.74. The molecule has 0 aliphatic carbocycles. The predicted molar refractivity (Wildman–Crippen MR) is 65.3 cm³/mol. The van der Waals surface area contributed by atoms with Crippen LogP contribution in [0.2, 0.25) is 5.02 Å². The summed E-state index contributed by atoms with van der Waals surface area (Å²) in [6, 6.07) is 10.1. The Morgan fingerprint density at radius 2 is 2.31 bits per heavy atom. The van der Waals surface area contributed by atoms with E-state index in [2.05, 4.69) is 28.5 Å². The minimum atomic E-state index is 0.251. The molecule has 2 aromatic rings. The van der Waals surface area contributed by atoms with Crippen molar-refractivity contribution in [2.45, 2.75) is 19.5 Å². The van der Waals surface area contributed by atoms with Crippen molar-refractivity contribution in [1.82, 2.24) is 15.5 Å². The van der Waals surface area contributed by atoms with Gasteiger partial charge in [0.1, 0.15) is 0 Å². The molecule has 0 bridgehead atoms. The normalized spacial score (nSPS) is 12.6. The van der Waals surface area contributed by atoms with E-state index in [4.69, 9.17) is 11.6 Å². The Kier molecular flexibility index (Phi) is 3.59. The van der Waals surface area contributed by atoms with Crippen molar-refractivity contribution >= 4 is 11.6 Å². The number of hydrogen-bond donors (Lipinski definition) is 2. The van der Waals surface area contributed by atoms with Gasteiger partial charge in [0.25, 0.3) is 0 Å². The molecular formula is C12H14ClN3. The fraction of sp³-hybridized carbons (Fsp3) is 0.250. The summed E-state index contributed by atoms with van der Waals surface area (Å²) in [6.07, 6.45) is 1.76. The van der Waals surface area contributed by atoms with Gasteiger partial charge >= 0.3 is 0 Å². The molecule has 1 unspecified atom stereocenters. The molecule has 0 aliphatic rings. The van der Waals surface area contributed by atoms with Crippen LogP contribution < -0.4 is 5.32 Å². The lowest BCUT2D eigenvalue weighted by molar-refractivity contribution is 0.560.